The zero-order valence-electron chi connectivity index (χ0n) is 11.3. The van der Waals surface area contributed by atoms with Crippen molar-refractivity contribution in [1.82, 2.24) is 4.98 Å². The maximum Gasteiger partial charge on any atom is 0.252 e. The Balaban J connectivity index is 2.15. The molecule has 0 amide bonds. The fraction of sp³-hybridized carbons (Fsp3) is 0. The Kier molecular flexibility index (Phi) is 3.92. The molecule has 2 aromatic carbocycles. The second-order valence-corrected chi connectivity index (χ2v) is 5.61. The number of H-pyrrole nitrogens is 1. The summed E-state index contributed by atoms with van der Waals surface area (Å²) in [6.45, 7) is 0. The number of benzene rings is 2. The first-order valence-electron chi connectivity index (χ1n) is 6.53. The molecule has 0 atom stereocenters. The van der Waals surface area contributed by atoms with Crippen molar-refractivity contribution in [2.75, 3.05) is 0 Å². The zero-order valence-corrected chi connectivity index (χ0v) is 12.8. The number of aromatic hydroxyl groups is 1. The second kappa shape index (κ2) is 5.87. The van der Waals surface area contributed by atoms with Gasteiger partial charge in [0.15, 0.2) is 0 Å². The van der Waals surface area contributed by atoms with Crippen molar-refractivity contribution in [2.24, 2.45) is 0 Å². The summed E-state index contributed by atoms with van der Waals surface area (Å²) >= 11 is 12.1. The molecular formula is C17H11Cl2NO2. The average molecular weight is 332 g/mol. The molecule has 110 valence electrons. The predicted molar refractivity (Wildman–Crippen MR) is 89.6 cm³/mol. The Morgan fingerprint density at radius 3 is 2.18 bits per heavy atom. The van der Waals surface area contributed by atoms with Crippen molar-refractivity contribution in [3.05, 3.63) is 75.1 Å². The van der Waals surface area contributed by atoms with E-state index in [9.17, 15) is 9.90 Å². The summed E-state index contributed by atoms with van der Waals surface area (Å²) < 4.78 is 0. The van der Waals surface area contributed by atoms with E-state index in [4.69, 9.17) is 23.2 Å². The maximum absolute atomic E-state index is 11.3. The topological polar surface area (TPSA) is 53.1 Å². The van der Waals surface area contributed by atoms with Crippen molar-refractivity contribution in [2.45, 2.75) is 0 Å². The van der Waals surface area contributed by atoms with Crippen LogP contribution in [0.3, 0.4) is 0 Å². The van der Waals surface area contributed by atoms with Crippen LogP contribution in [-0.2, 0) is 0 Å². The number of halogens is 2. The number of rotatable bonds is 2. The first-order valence-corrected chi connectivity index (χ1v) is 7.28. The molecular weight excluding hydrogens is 321 g/mol. The molecule has 1 aromatic heterocycles. The van der Waals surface area contributed by atoms with Crippen LogP contribution in [0.15, 0.2) is 59.4 Å². The van der Waals surface area contributed by atoms with Crippen LogP contribution >= 0.6 is 23.2 Å². The lowest BCUT2D eigenvalue weighted by molar-refractivity contribution is 0.476. The highest BCUT2D eigenvalue weighted by Crippen LogP contribution is 2.35. The lowest BCUT2D eigenvalue weighted by Gasteiger charge is -2.09. The summed E-state index contributed by atoms with van der Waals surface area (Å²) in [5, 5.41) is 10.8. The van der Waals surface area contributed by atoms with Gasteiger partial charge in [-0.15, -0.1) is 0 Å². The van der Waals surface area contributed by atoms with Gasteiger partial charge in [-0.3, -0.25) is 4.79 Å². The Bertz CT molecular complexity index is 877. The molecule has 5 heteroatoms. The van der Waals surface area contributed by atoms with Crippen LogP contribution in [0.5, 0.6) is 5.75 Å². The summed E-state index contributed by atoms with van der Waals surface area (Å²) in [6, 6.07) is 16.1. The van der Waals surface area contributed by atoms with Crippen LogP contribution in [-0.4, -0.2) is 10.1 Å². The van der Waals surface area contributed by atoms with Crippen molar-refractivity contribution < 1.29 is 5.11 Å². The molecule has 3 aromatic rings. The Morgan fingerprint density at radius 1 is 0.864 bits per heavy atom. The molecule has 3 rings (SSSR count). The molecule has 0 bridgehead atoms. The molecule has 0 unspecified atom stereocenters. The fourth-order valence-corrected chi connectivity index (χ4v) is 2.80. The first-order chi connectivity index (χ1) is 10.5. The number of pyridine rings is 1. The van der Waals surface area contributed by atoms with Crippen LogP contribution in [0.25, 0.3) is 22.3 Å². The van der Waals surface area contributed by atoms with Crippen LogP contribution in [0.4, 0.5) is 0 Å². The monoisotopic (exact) mass is 331 g/mol. The van der Waals surface area contributed by atoms with Gasteiger partial charge >= 0.3 is 0 Å². The predicted octanol–water partition coefficient (Wildman–Crippen LogP) is 4.72. The summed E-state index contributed by atoms with van der Waals surface area (Å²) in [7, 11) is 0. The smallest absolute Gasteiger partial charge is 0.252 e. The lowest BCUT2D eigenvalue weighted by atomic mass is 9.99. The van der Waals surface area contributed by atoms with Crippen LogP contribution in [0.1, 0.15) is 0 Å². The molecule has 0 aliphatic rings. The van der Waals surface area contributed by atoms with Gasteiger partial charge in [0.05, 0.1) is 5.56 Å². The summed E-state index contributed by atoms with van der Waals surface area (Å²) in [5.41, 5.74) is 2.54. The highest BCUT2D eigenvalue weighted by molar-refractivity contribution is 6.32. The van der Waals surface area contributed by atoms with Crippen molar-refractivity contribution in [1.29, 1.82) is 0 Å². The van der Waals surface area contributed by atoms with Gasteiger partial charge in [-0.2, -0.15) is 0 Å². The molecule has 3 nitrogen and oxygen atoms in total. The summed E-state index contributed by atoms with van der Waals surface area (Å²) in [4.78, 5) is 13.8. The van der Waals surface area contributed by atoms with Crippen molar-refractivity contribution >= 4 is 23.2 Å². The second-order valence-electron chi connectivity index (χ2n) is 4.80. The Labute approximate surface area is 136 Å². The van der Waals surface area contributed by atoms with Crippen LogP contribution in [0, 0.1) is 0 Å². The zero-order chi connectivity index (χ0) is 15.7. The molecule has 0 spiro atoms. The van der Waals surface area contributed by atoms with E-state index in [1.165, 1.54) is 0 Å². The third-order valence-electron chi connectivity index (χ3n) is 3.29. The number of hydrogen-bond acceptors (Lipinski definition) is 2. The largest absolute Gasteiger partial charge is 0.507 e. The van der Waals surface area contributed by atoms with Crippen molar-refractivity contribution in [3.63, 3.8) is 0 Å². The molecule has 22 heavy (non-hydrogen) atoms. The van der Waals surface area contributed by atoms with E-state index >= 15 is 0 Å². The molecule has 2 N–H and O–H groups in total. The van der Waals surface area contributed by atoms with Gasteiger partial charge in [-0.05, 0) is 34.9 Å². The van der Waals surface area contributed by atoms with Gasteiger partial charge < -0.3 is 10.1 Å². The SMILES string of the molecule is O=c1cc(O)c(-c2cccc(-c3cccc(Cl)c3)c2)c(Cl)[nH]1. The van der Waals surface area contributed by atoms with Gasteiger partial charge in [0.25, 0.3) is 5.56 Å². The number of aromatic amines is 1. The van der Waals surface area contributed by atoms with Gasteiger partial charge in [0.2, 0.25) is 0 Å². The third-order valence-corrected chi connectivity index (χ3v) is 3.80. The first kappa shape index (κ1) is 14.7. The van der Waals surface area contributed by atoms with Crippen LogP contribution < -0.4 is 5.56 Å². The molecule has 1 heterocycles. The van der Waals surface area contributed by atoms with Crippen LogP contribution in [0.2, 0.25) is 10.2 Å². The number of hydrogen-bond donors (Lipinski definition) is 2. The normalized spacial score (nSPS) is 10.6. The highest BCUT2D eigenvalue weighted by atomic mass is 35.5. The average Bonchev–Trinajstić information content (AvgIpc) is 2.46. The molecule has 0 fully saturated rings. The van der Waals surface area contributed by atoms with E-state index < -0.39 is 5.56 Å². The van der Waals surface area contributed by atoms with E-state index in [0.29, 0.717) is 16.1 Å². The molecule has 0 radical (unpaired) electrons. The van der Waals surface area contributed by atoms with Gasteiger partial charge in [0, 0.05) is 11.1 Å². The highest BCUT2D eigenvalue weighted by Gasteiger charge is 2.12. The summed E-state index contributed by atoms with van der Waals surface area (Å²) in [6.07, 6.45) is 0. The van der Waals surface area contributed by atoms with Gasteiger partial charge in [-0.1, -0.05) is 53.5 Å². The number of nitrogens with one attached hydrogen (secondary N) is 1. The van der Waals surface area contributed by atoms with E-state index in [1.807, 2.05) is 42.5 Å². The quantitative estimate of drug-likeness (QED) is 0.667. The van der Waals surface area contributed by atoms with Gasteiger partial charge in [-0.25, -0.2) is 0 Å². The Morgan fingerprint density at radius 2 is 1.50 bits per heavy atom. The fourth-order valence-electron chi connectivity index (χ4n) is 2.31. The Hall–Kier alpha value is -2.23. The third kappa shape index (κ3) is 2.86. The van der Waals surface area contributed by atoms with E-state index in [-0.39, 0.29) is 10.9 Å². The molecule has 0 aliphatic heterocycles. The van der Waals surface area contributed by atoms with Crippen molar-refractivity contribution in [3.8, 4) is 28.0 Å². The standard InChI is InChI=1S/C17H11Cl2NO2/c18-13-6-2-4-11(8-13)10-3-1-5-12(7-10)16-14(21)9-15(22)20-17(16)19/h1-9H,(H2,20,21,22). The lowest BCUT2D eigenvalue weighted by Crippen LogP contribution is -2.04. The minimum absolute atomic E-state index is 0.105. The number of aromatic nitrogens is 1. The summed E-state index contributed by atoms with van der Waals surface area (Å²) in [5.74, 6) is -0.156. The molecule has 0 aliphatic carbocycles. The molecule has 0 saturated carbocycles. The van der Waals surface area contributed by atoms with E-state index in [2.05, 4.69) is 4.98 Å². The molecule has 0 saturated heterocycles. The minimum Gasteiger partial charge on any atom is -0.507 e. The van der Waals surface area contributed by atoms with E-state index in [1.54, 1.807) is 6.07 Å². The minimum atomic E-state index is -0.447. The van der Waals surface area contributed by atoms with Gasteiger partial charge in [0.1, 0.15) is 10.9 Å². The van der Waals surface area contributed by atoms with E-state index in [0.717, 1.165) is 17.2 Å². The maximum atomic E-state index is 11.3.